The second-order valence-electron chi connectivity index (χ2n) is 2.65. The Morgan fingerprint density at radius 3 is 2.58 bits per heavy atom. The quantitative estimate of drug-likeness (QED) is 0.620. The van der Waals surface area contributed by atoms with Crippen LogP contribution in [-0.2, 0) is 4.79 Å². The molecule has 1 saturated heterocycles. The van der Waals surface area contributed by atoms with Crippen LogP contribution < -0.4 is 10.6 Å². The fourth-order valence-electron chi connectivity index (χ4n) is 1.10. The van der Waals surface area contributed by atoms with Gasteiger partial charge in [-0.3, -0.25) is 10.1 Å². The van der Waals surface area contributed by atoms with Gasteiger partial charge in [-0.25, -0.2) is 4.79 Å². The highest BCUT2D eigenvalue weighted by molar-refractivity contribution is 7.80. The number of carbonyl (C=O) groups is 2. The van der Waals surface area contributed by atoms with Gasteiger partial charge in [0.15, 0.2) is 0 Å². The van der Waals surface area contributed by atoms with E-state index in [1.807, 2.05) is 6.92 Å². The molecule has 1 rings (SSSR count). The fraction of sp³-hybridized carbons (Fsp3) is 0.571. The van der Waals surface area contributed by atoms with Crippen molar-refractivity contribution in [1.82, 2.24) is 10.6 Å². The molecule has 2 N–H and O–H groups in total. The zero-order valence-corrected chi connectivity index (χ0v) is 7.53. The van der Waals surface area contributed by atoms with E-state index in [1.165, 1.54) is 0 Å². The summed E-state index contributed by atoms with van der Waals surface area (Å²) in [5.41, 5.74) is 0. The first kappa shape index (κ1) is 9.12. The molecule has 1 atom stereocenters. The van der Waals surface area contributed by atoms with Gasteiger partial charge in [0.2, 0.25) is 5.91 Å². The third kappa shape index (κ3) is 1.79. The van der Waals surface area contributed by atoms with E-state index in [0.717, 1.165) is 6.42 Å². The number of urea groups is 1. The summed E-state index contributed by atoms with van der Waals surface area (Å²) in [6.07, 6.45) is 1.55. The summed E-state index contributed by atoms with van der Waals surface area (Å²) in [7, 11) is 0. The molecular formula is C7H10N2O2S. The second-order valence-corrected chi connectivity index (χ2v) is 3.09. The monoisotopic (exact) mass is 186 g/mol. The fourth-order valence-corrected chi connectivity index (χ4v) is 1.42. The molecule has 1 aliphatic heterocycles. The SMILES string of the molecule is CCCC1C(=O)NC(=O)NC1=S. The van der Waals surface area contributed by atoms with Crippen molar-refractivity contribution in [1.29, 1.82) is 0 Å². The van der Waals surface area contributed by atoms with E-state index in [-0.39, 0.29) is 11.8 Å². The van der Waals surface area contributed by atoms with Gasteiger partial charge in [-0.15, -0.1) is 0 Å². The van der Waals surface area contributed by atoms with Crippen molar-refractivity contribution in [3.8, 4) is 0 Å². The lowest BCUT2D eigenvalue weighted by Gasteiger charge is -2.22. The van der Waals surface area contributed by atoms with Gasteiger partial charge in [0.05, 0.1) is 10.9 Å². The van der Waals surface area contributed by atoms with E-state index in [9.17, 15) is 9.59 Å². The van der Waals surface area contributed by atoms with Gasteiger partial charge in [0.25, 0.3) is 0 Å². The van der Waals surface area contributed by atoms with Crippen LogP contribution in [0.4, 0.5) is 4.79 Å². The number of hydrogen-bond donors (Lipinski definition) is 2. The molecule has 0 aromatic heterocycles. The predicted molar refractivity (Wildman–Crippen MR) is 47.7 cm³/mol. The molecule has 1 heterocycles. The van der Waals surface area contributed by atoms with Crippen LogP contribution in [0.5, 0.6) is 0 Å². The van der Waals surface area contributed by atoms with Crippen molar-refractivity contribution in [2.75, 3.05) is 0 Å². The maximum absolute atomic E-state index is 11.1. The van der Waals surface area contributed by atoms with Crippen LogP contribution in [0.25, 0.3) is 0 Å². The van der Waals surface area contributed by atoms with E-state index in [1.54, 1.807) is 0 Å². The maximum atomic E-state index is 11.1. The minimum atomic E-state index is -0.516. The topological polar surface area (TPSA) is 58.2 Å². The lowest BCUT2D eigenvalue weighted by atomic mass is 10.0. The molecule has 4 nitrogen and oxygen atoms in total. The van der Waals surface area contributed by atoms with Crippen LogP contribution in [0, 0.1) is 5.92 Å². The Balaban J connectivity index is 2.67. The summed E-state index contributed by atoms with van der Waals surface area (Å²) in [5, 5.41) is 4.57. The van der Waals surface area contributed by atoms with Crippen molar-refractivity contribution in [2.45, 2.75) is 19.8 Å². The Morgan fingerprint density at radius 1 is 1.42 bits per heavy atom. The van der Waals surface area contributed by atoms with Gasteiger partial charge >= 0.3 is 6.03 Å². The van der Waals surface area contributed by atoms with E-state index >= 15 is 0 Å². The number of hydrogen-bond acceptors (Lipinski definition) is 3. The minimum absolute atomic E-state index is 0.286. The van der Waals surface area contributed by atoms with Crippen LogP contribution in [0.15, 0.2) is 0 Å². The molecular weight excluding hydrogens is 176 g/mol. The molecule has 12 heavy (non-hydrogen) atoms. The van der Waals surface area contributed by atoms with Gasteiger partial charge in [-0.05, 0) is 6.42 Å². The van der Waals surface area contributed by atoms with Gasteiger partial charge < -0.3 is 5.32 Å². The zero-order valence-electron chi connectivity index (χ0n) is 6.72. The van der Waals surface area contributed by atoms with Crippen molar-refractivity contribution in [2.24, 2.45) is 5.92 Å². The average molecular weight is 186 g/mol. The number of carbonyl (C=O) groups excluding carboxylic acids is 2. The minimum Gasteiger partial charge on any atom is -0.301 e. The highest BCUT2D eigenvalue weighted by Gasteiger charge is 2.29. The third-order valence-corrected chi connectivity index (χ3v) is 2.07. The van der Waals surface area contributed by atoms with E-state index in [2.05, 4.69) is 10.6 Å². The Labute approximate surface area is 75.7 Å². The van der Waals surface area contributed by atoms with E-state index in [4.69, 9.17) is 12.2 Å². The predicted octanol–water partition coefficient (Wildman–Crippen LogP) is 0.570. The number of thiocarbonyl (C=S) groups is 1. The molecule has 3 amide bonds. The van der Waals surface area contributed by atoms with Crippen LogP contribution in [-0.4, -0.2) is 16.9 Å². The molecule has 0 aromatic rings. The molecule has 5 heteroatoms. The van der Waals surface area contributed by atoms with Gasteiger partial charge in [0, 0.05) is 0 Å². The molecule has 1 fully saturated rings. The highest BCUT2D eigenvalue weighted by Crippen LogP contribution is 2.10. The van der Waals surface area contributed by atoms with E-state index < -0.39 is 6.03 Å². The molecule has 0 bridgehead atoms. The van der Waals surface area contributed by atoms with Crippen LogP contribution >= 0.6 is 12.2 Å². The standard InChI is InChI=1S/C7H10N2O2S/c1-2-3-4-5(10)8-7(11)9-6(4)12/h4H,2-3H2,1H3,(H2,8,9,10,11,12). The first-order valence-corrected chi connectivity index (χ1v) is 4.21. The van der Waals surface area contributed by atoms with Gasteiger partial charge in [-0.1, -0.05) is 25.6 Å². The largest absolute Gasteiger partial charge is 0.326 e. The molecule has 0 aliphatic carbocycles. The van der Waals surface area contributed by atoms with Crippen LogP contribution in [0.2, 0.25) is 0 Å². The van der Waals surface area contributed by atoms with Crippen molar-refractivity contribution >= 4 is 29.1 Å². The lowest BCUT2D eigenvalue weighted by Crippen LogP contribution is -2.54. The van der Waals surface area contributed by atoms with Gasteiger partial charge in [0.1, 0.15) is 0 Å². The Kier molecular flexibility index (Phi) is 2.75. The first-order chi connectivity index (χ1) is 5.65. The molecule has 1 unspecified atom stereocenters. The molecule has 0 aromatic carbocycles. The Morgan fingerprint density at radius 2 is 2.08 bits per heavy atom. The zero-order chi connectivity index (χ0) is 9.14. The second kappa shape index (κ2) is 3.62. The molecule has 0 saturated carbocycles. The number of rotatable bonds is 2. The summed E-state index contributed by atoms with van der Waals surface area (Å²) in [4.78, 5) is 22.2. The average Bonchev–Trinajstić information content (AvgIpc) is 1.96. The summed E-state index contributed by atoms with van der Waals surface area (Å²) in [6.45, 7) is 1.96. The smallest absolute Gasteiger partial charge is 0.301 e. The molecule has 0 radical (unpaired) electrons. The van der Waals surface area contributed by atoms with Crippen molar-refractivity contribution in [3.63, 3.8) is 0 Å². The first-order valence-electron chi connectivity index (χ1n) is 3.81. The summed E-state index contributed by atoms with van der Waals surface area (Å²) < 4.78 is 0. The van der Waals surface area contributed by atoms with Crippen molar-refractivity contribution in [3.05, 3.63) is 0 Å². The maximum Gasteiger partial charge on any atom is 0.326 e. The summed E-state index contributed by atoms with van der Waals surface area (Å²) >= 11 is 4.85. The number of nitrogens with one attached hydrogen (secondary N) is 2. The van der Waals surface area contributed by atoms with Crippen LogP contribution in [0.1, 0.15) is 19.8 Å². The highest BCUT2D eigenvalue weighted by atomic mass is 32.1. The molecule has 66 valence electrons. The summed E-state index contributed by atoms with van der Waals surface area (Å²) in [5.74, 6) is -0.617. The summed E-state index contributed by atoms with van der Waals surface area (Å²) in [6, 6.07) is -0.516. The number of imide groups is 1. The molecule has 1 aliphatic rings. The third-order valence-electron chi connectivity index (χ3n) is 1.68. The lowest BCUT2D eigenvalue weighted by molar-refractivity contribution is -0.122. The van der Waals surface area contributed by atoms with Crippen LogP contribution in [0.3, 0.4) is 0 Å². The normalized spacial score (nSPS) is 23.4. The Bertz CT molecular complexity index is 220. The molecule has 0 spiro atoms. The number of amides is 3. The van der Waals surface area contributed by atoms with E-state index in [0.29, 0.717) is 11.4 Å². The van der Waals surface area contributed by atoms with Crippen molar-refractivity contribution < 1.29 is 9.59 Å². The Hall–Kier alpha value is -0.970. The van der Waals surface area contributed by atoms with Gasteiger partial charge in [-0.2, -0.15) is 0 Å².